The van der Waals surface area contributed by atoms with Crippen molar-refractivity contribution in [1.29, 1.82) is 0 Å². The van der Waals surface area contributed by atoms with Gasteiger partial charge in [0.25, 0.3) is 0 Å². The number of benzene rings is 1. The van der Waals surface area contributed by atoms with Crippen LogP contribution in [0.5, 0.6) is 0 Å². The van der Waals surface area contributed by atoms with Gasteiger partial charge in [-0.15, -0.1) is 0 Å². The summed E-state index contributed by atoms with van der Waals surface area (Å²) in [6.45, 7) is 11.8. The van der Waals surface area contributed by atoms with Gasteiger partial charge in [0.05, 0.1) is 6.54 Å². The van der Waals surface area contributed by atoms with Crippen LogP contribution in [-0.2, 0) is 16.6 Å². The van der Waals surface area contributed by atoms with Crippen molar-refractivity contribution in [2.45, 2.75) is 52.5 Å². The zero-order chi connectivity index (χ0) is 18.4. The Morgan fingerprint density at radius 1 is 1.12 bits per heavy atom. The van der Waals surface area contributed by atoms with Crippen LogP contribution in [0.3, 0.4) is 0 Å². The number of carbonyl (C=O) groups excluding carboxylic acids is 1. The quantitative estimate of drug-likeness (QED) is 0.741. The molecular weight excluding hydrogens is 308 g/mol. The molecule has 134 valence electrons. The van der Waals surface area contributed by atoms with E-state index < -0.39 is 0 Å². The van der Waals surface area contributed by atoms with Crippen LogP contribution in [-0.4, -0.2) is 28.8 Å². The molecule has 0 saturated carbocycles. The Balaban J connectivity index is 2.11. The summed E-state index contributed by atoms with van der Waals surface area (Å²) in [5.74, 6) is 0.194. The van der Waals surface area contributed by atoms with Crippen LogP contribution in [0.25, 0.3) is 0 Å². The number of carbonyl (C=O) groups is 1. The van der Waals surface area contributed by atoms with E-state index in [-0.39, 0.29) is 17.2 Å². The van der Waals surface area contributed by atoms with Gasteiger partial charge in [-0.1, -0.05) is 51.1 Å². The molecule has 2 rings (SSSR count). The predicted molar refractivity (Wildman–Crippen MR) is 104 cm³/mol. The third-order valence-electron chi connectivity index (χ3n) is 4.61. The molecule has 1 aromatic heterocycles. The molecule has 0 bridgehead atoms. The van der Waals surface area contributed by atoms with Crippen molar-refractivity contribution in [2.24, 2.45) is 0 Å². The zero-order valence-electron chi connectivity index (χ0n) is 16.1. The molecule has 1 aromatic carbocycles. The Morgan fingerprint density at radius 3 is 2.32 bits per heavy atom. The van der Waals surface area contributed by atoms with Gasteiger partial charge in [0.2, 0.25) is 0 Å². The highest BCUT2D eigenvalue weighted by atomic mass is 16.1. The van der Waals surface area contributed by atoms with E-state index >= 15 is 0 Å². The largest absolute Gasteiger partial charge is 0.299 e. The van der Waals surface area contributed by atoms with Crippen molar-refractivity contribution in [1.82, 2.24) is 9.88 Å². The van der Waals surface area contributed by atoms with E-state index in [0.29, 0.717) is 6.54 Å². The Bertz CT molecular complexity index is 671. The maximum atomic E-state index is 11.7. The summed E-state index contributed by atoms with van der Waals surface area (Å²) in [5, 5.41) is 0. The lowest BCUT2D eigenvalue weighted by molar-refractivity contribution is -0.118. The summed E-state index contributed by atoms with van der Waals surface area (Å²) in [4.78, 5) is 18.4. The highest BCUT2D eigenvalue weighted by Gasteiger charge is 2.19. The van der Waals surface area contributed by atoms with Crippen molar-refractivity contribution >= 4 is 5.78 Å². The summed E-state index contributed by atoms with van der Waals surface area (Å²) in [7, 11) is 0. The molecule has 0 aliphatic rings. The first-order chi connectivity index (χ1) is 11.8. The van der Waals surface area contributed by atoms with E-state index in [2.05, 4.69) is 61.8 Å². The van der Waals surface area contributed by atoms with Crippen molar-refractivity contribution in [3.8, 4) is 0 Å². The molecule has 0 aliphatic carbocycles. The number of Topliss-reactive ketones (excluding diaryl/α,β-unsaturated/α-hetero) is 1. The second-order valence-electron chi connectivity index (χ2n) is 7.79. The van der Waals surface area contributed by atoms with E-state index in [0.717, 1.165) is 18.7 Å². The molecule has 1 unspecified atom stereocenters. The molecule has 0 spiro atoms. The summed E-state index contributed by atoms with van der Waals surface area (Å²) in [6, 6.07) is 15.0. The normalized spacial score (nSPS) is 13.0. The van der Waals surface area contributed by atoms with Crippen LogP contribution in [0.4, 0.5) is 0 Å². The topological polar surface area (TPSA) is 33.2 Å². The molecular formula is C22H30N2O. The highest BCUT2D eigenvalue weighted by molar-refractivity contribution is 5.77. The summed E-state index contributed by atoms with van der Waals surface area (Å²) in [5.41, 5.74) is 3.79. The first-order valence-electron chi connectivity index (χ1n) is 9.01. The first-order valence-corrected chi connectivity index (χ1v) is 9.01. The minimum absolute atomic E-state index is 0.153. The van der Waals surface area contributed by atoms with Gasteiger partial charge < -0.3 is 0 Å². The molecule has 0 amide bonds. The van der Waals surface area contributed by atoms with E-state index in [1.807, 2.05) is 24.4 Å². The maximum absolute atomic E-state index is 11.7. The monoisotopic (exact) mass is 338 g/mol. The zero-order valence-corrected chi connectivity index (χ0v) is 16.1. The summed E-state index contributed by atoms with van der Waals surface area (Å²) >= 11 is 0. The molecule has 3 heteroatoms. The third kappa shape index (κ3) is 5.79. The average molecular weight is 338 g/mol. The second kappa shape index (κ2) is 8.39. The van der Waals surface area contributed by atoms with E-state index in [9.17, 15) is 4.79 Å². The third-order valence-corrected chi connectivity index (χ3v) is 4.61. The molecule has 0 fully saturated rings. The van der Waals surface area contributed by atoms with Crippen LogP contribution < -0.4 is 0 Å². The Hall–Kier alpha value is -2.00. The average Bonchev–Trinajstić information content (AvgIpc) is 2.58. The van der Waals surface area contributed by atoms with Gasteiger partial charge in [0, 0.05) is 30.9 Å². The van der Waals surface area contributed by atoms with E-state index in [4.69, 9.17) is 0 Å². The summed E-state index contributed by atoms with van der Waals surface area (Å²) in [6.07, 6.45) is 2.66. The lowest BCUT2D eigenvalue weighted by Gasteiger charge is -2.29. The maximum Gasteiger partial charge on any atom is 0.143 e. The Morgan fingerprint density at radius 2 is 1.80 bits per heavy atom. The second-order valence-corrected chi connectivity index (χ2v) is 7.79. The van der Waals surface area contributed by atoms with Gasteiger partial charge in [-0.3, -0.25) is 14.7 Å². The molecule has 0 saturated heterocycles. The number of ketones is 1. The standard InChI is InChI=1S/C22H30N2O/c1-17(25)16-24(15-13-21-8-6-7-14-23-21)18(2)19-9-11-20(12-10-19)22(3,4)5/h6-12,14,18H,13,15-16H2,1-5H3. The van der Waals surface area contributed by atoms with Gasteiger partial charge in [-0.2, -0.15) is 0 Å². The van der Waals surface area contributed by atoms with Gasteiger partial charge in [-0.25, -0.2) is 0 Å². The predicted octanol–water partition coefficient (Wildman–Crippen LogP) is 4.57. The lowest BCUT2D eigenvalue weighted by atomic mass is 9.86. The van der Waals surface area contributed by atoms with Crippen LogP contribution in [0, 0.1) is 0 Å². The van der Waals surface area contributed by atoms with Gasteiger partial charge in [0.1, 0.15) is 5.78 Å². The van der Waals surface area contributed by atoms with Crippen molar-refractivity contribution in [3.05, 3.63) is 65.5 Å². The molecule has 25 heavy (non-hydrogen) atoms. The highest BCUT2D eigenvalue weighted by Crippen LogP contribution is 2.26. The minimum Gasteiger partial charge on any atom is -0.299 e. The van der Waals surface area contributed by atoms with Crippen molar-refractivity contribution < 1.29 is 4.79 Å². The summed E-state index contributed by atoms with van der Waals surface area (Å²) < 4.78 is 0. The SMILES string of the molecule is CC(=O)CN(CCc1ccccn1)C(C)c1ccc(C(C)(C)C)cc1. The molecule has 2 aromatic rings. The van der Waals surface area contributed by atoms with Crippen molar-refractivity contribution in [3.63, 3.8) is 0 Å². The van der Waals surface area contributed by atoms with E-state index in [1.54, 1.807) is 6.92 Å². The molecule has 3 nitrogen and oxygen atoms in total. The number of rotatable bonds is 7. The molecule has 0 aliphatic heterocycles. The lowest BCUT2D eigenvalue weighted by Crippen LogP contribution is -2.33. The number of aromatic nitrogens is 1. The fourth-order valence-electron chi connectivity index (χ4n) is 2.97. The van der Waals surface area contributed by atoms with Crippen LogP contribution in [0.15, 0.2) is 48.7 Å². The molecule has 0 radical (unpaired) electrons. The Kier molecular flexibility index (Phi) is 6.49. The molecule has 1 heterocycles. The number of pyridine rings is 1. The Labute approximate surface area is 152 Å². The van der Waals surface area contributed by atoms with Crippen LogP contribution >= 0.6 is 0 Å². The van der Waals surface area contributed by atoms with Crippen molar-refractivity contribution in [2.75, 3.05) is 13.1 Å². The molecule has 0 N–H and O–H groups in total. The first kappa shape index (κ1) is 19.3. The van der Waals surface area contributed by atoms with Gasteiger partial charge >= 0.3 is 0 Å². The van der Waals surface area contributed by atoms with Crippen LogP contribution in [0.1, 0.15) is 57.5 Å². The van der Waals surface area contributed by atoms with Gasteiger partial charge in [-0.05, 0) is 42.5 Å². The fraction of sp³-hybridized carbons (Fsp3) is 0.455. The van der Waals surface area contributed by atoms with Gasteiger partial charge in [0.15, 0.2) is 0 Å². The molecule has 1 atom stereocenters. The van der Waals surface area contributed by atoms with Crippen LogP contribution in [0.2, 0.25) is 0 Å². The minimum atomic E-state index is 0.153. The smallest absolute Gasteiger partial charge is 0.143 e. The number of hydrogen-bond donors (Lipinski definition) is 0. The fourth-order valence-corrected chi connectivity index (χ4v) is 2.97. The number of hydrogen-bond acceptors (Lipinski definition) is 3. The van der Waals surface area contributed by atoms with E-state index in [1.165, 1.54) is 11.1 Å². The number of nitrogens with zero attached hydrogens (tertiary/aromatic N) is 2.